The molecule has 0 spiro atoms. The number of aryl methyl sites for hydroxylation is 1. The van der Waals surface area contributed by atoms with E-state index in [1.54, 1.807) is 0 Å². The van der Waals surface area contributed by atoms with E-state index in [1.807, 2.05) is 19.1 Å². The highest BCUT2D eigenvalue weighted by atomic mass is 16.5. The van der Waals surface area contributed by atoms with Gasteiger partial charge in [0.25, 0.3) is 0 Å². The smallest absolute Gasteiger partial charge is 0.121 e. The van der Waals surface area contributed by atoms with Gasteiger partial charge in [0.1, 0.15) is 11.9 Å². The van der Waals surface area contributed by atoms with Crippen LogP contribution >= 0.6 is 0 Å². The van der Waals surface area contributed by atoms with Gasteiger partial charge >= 0.3 is 0 Å². The van der Waals surface area contributed by atoms with E-state index in [0.29, 0.717) is 6.10 Å². The summed E-state index contributed by atoms with van der Waals surface area (Å²) in [6, 6.07) is 6.12. The van der Waals surface area contributed by atoms with Crippen LogP contribution in [0.5, 0.6) is 5.75 Å². The third kappa shape index (κ3) is 2.13. The highest BCUT2D eigenvalue weighted by molar-refractivity contribution is 5.82. The molecule has 2 N–H and O–H groups in total. The molecule has 0 unspecified atom stereocenters. The Morgan fingerprint density at radius 1 is 1.29 bits per heavy atom. The van der Waals surface area contributed by atoms with E-state index in [-0.39, 0.29) is 0 Å². The summed E-state index contributed by atoms with van der Waals surface area (Å²) < 4.78 is 5.98. The summed E-state index contributed by atoms with van der Waals surface area (Å²) in [5.74, 6) is 0.927. The van der Waals surface area contributed by atoms with Crippen molar-refractivity contribution in [1.29, 1.82) is 0 Å². The van der Waals surface area contributed by atoms with Crippen molar-refractivity contribution in [1.82, 2.24) is 15.5 Å². The molecular formula is C13H17N3O. The number of H-pyrrole nitrogens is 1. The molecule has 1 fully saturated rings. The molecule has 1 saturated heterocycles. The van der Waals surface area contributed by atoms with E-state index in [0.717, 1.165) is 42.9 Å². The summed E-state index contributed by atoms with van der Waals surface area (Å²) in [5, 5.41) is 11.8. The third-order valence-electron chi connectivity index (χ3n) is 3.31. The molecule has 4 heteroatoms. The monoisotopic (exact) mass is 231 g/mol. The van der Waals surface area contributed by atoms with Gasteiger partial charge in [-0.1, -0.05) is 0 Å². The first-order valence-corrected chi connectivity index (χ1v) is 6.15. The van der Waals surface area contributed by atoms with Crippen molar-refractivity contribution in [2.24, 2.45) is 0 Å². The Hall–Kier alpha value is -1.55. The van der Waals surface area contributed by atoms with E-state index in [9.17, 15) is 0 Å². The second-order valence-corrected chi connectivity index (χ2v) is 4.59. The van der Waals surface area contributed by atoms with Gasteiger partial charge in [0.15, 0.2) is 0 Å². The maximum atomic E-state index is 5.98. The average molecular weight is 231 g/mol. The van der Waals surface area contributed by atoms with Crippen molar-refractivity contribution in [2.75, 3.05) is 13.1 Å². The maximum absolute atomic E-state index is 5.98. The fourth-order valence-electron chi connectivity index (χ4n) is 2.30. The van der Waals surface area contributed by atoms with E-state index in [2.05, 4.69) is 21.6 Å². The second-order valence-electron chi connectivity index (χ2n) is 4.59. The lowest BCUT2D eigenvalue weighted by atomic mass is 10.1. The first-order valence-electron chi connectivity index (χ1n) is 6.15. The standard InChI is InChI=1S/C13H17N3O/c1-9-12-3-2-11(8-13(12)16-15-9)17-10-4-6-14-7-5-10/h2-3,8,10,14H,4-7H2,1H3,(H,15,16). The largest absolute Gasteiger partial charge is 0.490 e. The van der Waals surface area contributed by atoms with E-state index in [4.69, 9.17) is 4.74 Å². The molecule has 0 aliphatic carbocycles. The lowest BCUT2D eigenvalue weighted by molar-refractivity contribution is 0.162. The van der Waals surface area contributed by atoms with Crippen molar-refractivity contribution < 1.29 is 4.74 Å². The number of aromatic amines is 1. The van der Waals surface area contributed by atoms with Crippen LogP contribution in [0, 0.1) is 6.92 Å². The first kappa shape index (κ1) is 10.6. The van der Waals surface area contributed by atoms with Gasteiger partial charge in [-0.2, -0.15) is 5.10 Å². The molecule has 1 aliphatic rings. The Labute approximate surface area is 100 Å². The van der Waals surface area contributed by atoms with E-state index in [1.165, 1.54) is 5.39 Å². The first-order chi connectivity index (χ1) is 8.33. The minimum absolute atomic E-state index is 0.341. The van der Waals surface area contributed by atoms with Crippen molar-refractivity contribution in [3.05, 3.63) is 23.9 Å². The predicted octanol–water partition coefficient (Wildman–Crippen LogP) is 2.00. The Bertz CT molecular complexity index is 514. The van der Waals surface area contributed by atoms with Crippen LogP contribution in [0.1, 0.15) is 18.5 Å². The molecule has 3 rings (SSSR count). The van der Waals surface area contributed by atoms with E-state index >= 15 is 0 Å². The van der Waals surface area contributed by atoms with Crippen LogP contribution < -0.4 is 10.1 Å². The molecule has 1 aromatic heterocycles. The molecule has 0 bridgehead atoms. The number of hydrogen-bond acceptors (Lipinski definition) is 3. The average Bonchev–Trinajstić information content (AvgIpc) is 2.72. The Morgan fingerprint density at radius 3 is 2.94 bits per heavy atom. The van der Waals surface area contributed by atoms with Gasteiger partial charge in [0.2, 0.25) is 0 Å². The molecule has 4 nitrogen and oxygen atoms in total. The third-order valence-corrected chi connectivity index (χ3v) is 3.31. The number of benzene rings is 1. The van der Waals surface area contributed by atoms with Crippen molar-refractivity contribution in [3.63, 3.8) is 0 Å². The number of hydrogen-bond donors (Lipinski definition) is 2. The number of rotatable bonds is 2. The Morgan fingerprint density at radius 2 is 2.12 bits per heavy atom. The predicted molar refractivity (Wildman–Crippen MR) is 67.4 cm³/mol. The number of fused-ring (bicyclic) bond motifs is 1. The molecule has 1 aromatic carbocycles. The van der Waals surface area contributed by atoms with Crippen LogP contribution in [0.3, 0.4) is 0 Å². The highest BCUT2D eigenvalue weighted by Gasteiger charge is 2.14. The highest BCUT2D eigenvalue weighted by Crippen LogP contribution is 2.23. The van der Waals surface area contributed by atoms with Crippen molar-refractivity contribution >= 4 is 10.9 Å². The minimum atomic E-state index is 0.341. The van der Waals surface area contributed by atoms with Gasteiger partial charge in [0.05, 0.1) is 5.52 Å². The summed E-state index contributed by atoms with van der Waals surface area (Å²) in [4.78, 5) is 0. The van der Waals surface area contributed by atoms with Crippen LogP contribution in [-0.2, 0) is 0 Å². The quantitative estimate of drug-likeness (QED) is 0.831. The Kier molecular flexibility index (Phi) is 2.73. The van der Waals surface area contributed by atoms with Crippen molar-refractivity contribution in [2.45, 2.75) is 25.9 Å². The molecule has 17 heavy (non-hydrogen) atoms. The summed E-state index contributed by atoms with van der Waals surface area (Å²) in [5.41, 5.74) is 2.09. The lowest BCUT2D eigenvalue weighted by Gasteiger charge is -2.23. The van der Waals surface area contributed by atoms with Gasteiger partial charge in [-0.15, -0.1) is 0 Å². The number of nitrogens with one attached hydrogen (secondary N) is 2. The fourth-order valence-corrected chi connectivity index (χ4v) is 2.30. The molecule has 1 aliphatic heterocycles. The SMILES string of the molecule is Cc1[nH]nc2cc(OC3CCNCC3)ccc12. The minimum Gasteiger partial charge on any atom is -0.490 e. The molecule has 0 radical (unpaired) electrons. The molecule has 0 saturated carbocycles. The van der Waals surface area contributed by atoms with E-state index < -0.39 is 0 Å². The van der Waals surface area contributed by atoms with Gasteiger partial charge in [0, 0.05) is 17.1 Å². The maximum Gasteiger partial charge on any atom is 0.121 e. The molecule has 2 aromatic rings. The van der Waals surface area contributed by atoms with Crippen LogP contribution in [0.25, 0.3) is 10.9 Å². The number of piperidine rings is 1. The summed E-state index contributed by atoms with van der Waals surface area (Å²) in [6.45, 7) is 4.13. The van der Waals surface area contributed by atoms with Crippen molar-refractivity contribution in [3.8, 4) is 5.75 Å². The van der Waals surface area contributed by atoms with Gasteiger partial charge in [-0.25, -0.2) is 0 Å². The molecule has 90 valence electrons. The van der Waals surface area contributed by atoms with Crippen LogP contribution in [0.15, 0.2) is 18.2 Å². The molecular weight excluding hydrogens is 214 g/mol. The number of aromatic nitrogens is 2. The van der Waals surface area contributed by atoms with Crippen LogP contribution in [0.4, 0.5) is 0 Å². The zero-order chi connectivity index (χ0) is 11.7. The summed E-state index contributed by atoms with van der Waals surface area (Å²) >= 11 is 0. The molecule has 0 atom stereocenters. The summed E-state index contributed by atoms with van der Waals surface area (Å²) in [7, 11) is 0. The molecule has 2 heterocycles. The van der Waals surface area contributed by atoms with Gasteiger partial charge in [-0.3, -0.25) is 5.10 Å². The Balaban J connectivity index is 1.80. The topological polar surface area (TPSA) is 49.9 Å². The van der Waals surface area contributed by atoms with Gasteiger partial charge < -0.3 is 10.1 Å². The zero-order valence-electron chi connectivity index (χ0n) is 9.99. The molecule has 0 amide bonds. The number of ether oxygens (including phenoxy) is 1. The van der Waals surface area contributed by atoms with Crippen LogP contribution in [0.2, 0.25) is 0 Å². The fraction of sp³-hybridized carbons (Fsp3) is 0.462. The van der Waals surface area contributed by atoms with Crippen LogP contribution in [-0.4, -0.2) is 29.4 Å². The number of nitrogens with zero attached hydrogens (tertiary/aromatic N) is 1. The van der Waals surface area contributed by atoms with Gasteiger partial charge in [-0.05, 0) is 45.0 Å². The second kappa shape index (κ2) is 4.37. The lowest BCUT2D eigenvalue weighted by Crippen LogP contribution is -2.34. The normalized spacial score (nSPS) is 17.5. The summed E-state index contributed by atoms with van der Waals surface area (Å²) in [6.07, 6.45) is 2.50. The zero-order valence-corrected chi connectivity index (χ0v) is 9.99.